The molecule has 1 heterocycles. The summed E-state index contributed by atoms with van der Waals surface area (Å²) in [7, 11) is 0. The van der Waals surface area contributed by atoms with Crippen molar-refractivity contribution in [2.45, 2.75) is 12.1 Å². The fraction of sp³-hybridized carbons (Fsp3) is 0.111. The highest BCUT2D eigenvalue weighted by Gasteiger charge is 2.07. The molecule has 0 amide bonds. The standard InChI is InChI=1S/C18H16N2OS/c1-14-9-11-16(12-10-14)17-19-20-18(21-17)22-13-5-8-15-6-3-2-4-7-15/h2-12H,13H2,1H3. The molecule has 4 heteroatoms. The maximum atomic E-state index is 5.67. The number of hydrogen-bond acceptors (Lipinski definition) is 4. The van der Waals surface area contributed by atoms with Gasteiger partial charge in [-0.05, 0) is 24.6 Å². The highest BCUT2D eigenvalue weighted by molar-refractivity contribution is 7.99. The molecule has 3 aromatic rings. The third-order valence-corrected chi connectivity index (χ3v) is 3.89. The van der Waals surface area contributed by atoms with Crippen LogP contribution in [0.15, 0.2) is 70.3 Å². The molecule has 0 bridgehead atoms. The van der Waals surface area contributed by atoms with Crippen LogP contribution in [0.2, 0.25) is 0 Å². The Morgan fingerprint density at radius 1 is 1.00 bits per heavy atom. The molecule has 0 atom stereocenters. The van der Waals surface area contributed by atoms with Crippen LogP contribution >= 0.6 is 11.8 Å². The zero-order chi connectivity index (χ0) is 15.2. The first-order valence-corrected chi connectivity index (χ1v) is 8.05. The average molecular weight is 308 g/mol. The topological polar surface area (TPSA) is 38.9 Å². The Bertz CT molecular complexity index is 748. The van der Waals surface area contributed by atoms with Gasteiger partial charge in [-0.3, -0.25) is 0 Å². The second-order valence-electron chi connectivity index (χ2n) is 4.86. The summed E-state index contributed by atoms with van der Waals surface area (Å²) in [5, 5.41) is 8.75. The summed E-state index contributed by atoms with van der Waals surface area (Å²) in [6.45, 7) is 2.05. The molecule has 0 radical (unpaired) electrons. The van der Waals surface area contributed by atoms with E-state index in [-0.39, 0.29) is 0 Å². The molecule has 0 aliphatic heterocycles. The number of rotatable bonds is 5. The van der Waals surface area contributed by atoms with Crippen molar-refractivity contribution in [2.75, 3.05) is 5.75 Å². The van der Waals surface area contributed by atoms with E-state index in [9.17, 15) is 0 Å². The molecule has 0 aliphatic carbocycles. The number of thioether (sulfide) groups is 1. The minimum Gasteiger partial charge on any atom is -0.411 e. The van der Waals surface area contributed by atoms with E-state index in [2.05, 4.69) is 41.4 Å². The van der Waals surface area contributed by atoms with Crippen LogP contribution in [0, 0.1) is 6.92 Å². The van der Waals surface area contributed by atoms with Crippen LogP contribution in [-0.2, 0) is 0 Å². The fourth-order valence-corrected chi connectivity index (χ4v) is 2.52. The van der Waals surface area contributed by atoms with E-state index in [1.54, 1.807) is 0 Å². The summed E-state index contributed by atoms with van der Waals surface area (Å²) in [5.74, 6) is 1.36. The van der Waals surface area contributed by atoms with Crippen molar-refractivity contribution in [3.05, 3.63) is 71.8 Å². The fourth-order valence-electron chi connectivity index (χ4n) is 1.95. The SMILES string of the molecule is Cc1ccc(-c2nnc(SCC=Cc3ccccc3)o2)cc1. The normalized spacial score (nSPS) is 11.1. The van der Waals surface area contributed by atoms with Crippen molar-refractivity contribution in [2.24, 2.45) is 0 Å². The first kappa shape index (κ1) is 14.6. The number of hydrogen-bond donors (Lipinski definition) is 0. The van der Waals surface area contributed by atoms with Gasteiger partial charge in [-0.2, -0.15) is 0 Å². The molecule has 3 rings (SSSR count). The van der Waals surface area contributed by atoms with Crippen molar-refractivity contribution in [3.8, 4) is 11.5 Å². The minimum atomic E-state index is 0.564. The predicted octanol–water partition coefficient (Wildman–Crippen LogP) is 4.85. The summed E-state index contributed by atoms with van der Waals surface area (Å²) in [6.07, 6.45) is 4.18. The Kier molecular flexibility index (Phi) is 4.71. The summed E-state index contributed by atoms with van der Waals surface area (Å²) in [5.41, 5.74) is 3.35. The van der Waals surface area contributed by atoms with E-state index in [1.165, 1.54) is 22.9 Å². The van der Waals surface area contributed by atoms with Crippen molar-refractivity contribution in [3.63, 3.8) is 0 Å². The third-order valence-electron chi connectivity index (χ3n) is 3.12. The van der Waals surface area contributed by atoms with Gasteiger partial charge in [-0.25, -0.2) is 0 Å². The number of aromatic nitrogens is 2. The van der Waals surface area contributed by atoms with Gasteiger partial charge < -0.3 is 4.42 Å². The maximum absolute atomic E-state index is 5.67. The van der Waals surface area contributed by atoms with Crippen molar-refractivity contribution >= 4 is 17.8 Å². The lowest BCUT2D eigenvalue weighted by molar-refractivity contribution is 0.466. The van der Waals surface area contributed by atoms with E-state index in [1.807, 2.05) is 42.5 Å². The second kappa shape index (κ2) is 7.09. The lowest BCUT2D eigenvalue weighted by Gasteiger charge is -1.95. The predicted molar refractivity (Wildman–Crippen MR) is 90.7 cm³/mol. The number of aryl methyl sites for hydroxylation is 1. The molecule has 1 aromatic heterocycles. The van der Waals surface area contributed by atoms with Crippen LogP contribution in [0.25, 0.3) is 17.5 Å². The molecule has 0 aliphatic rings. The zero-order valence-electron chi connectivity index (χ0n) is 12.3. The molecule has 0 unspecified atom stereocenters. The number of nitrogens with zero attached hydrogens (tertiary/aromatic N) is 2. The molecule has 0 saturated heterocycles. The van der Waals surface area contributed by atoms with Crippen LogP contribution in [0.3, 0.4) is 0 Å². The zero-order valence-corrected chi connectivity index (χ0v) is 13.1. The highest BCUT2D eigenvalue weighted by Crippen LogP contribution is 2.23. The molecule has 0 N–H and O–H groups in total. The van der Waals surface area contributed by atoms with E-state index in [0.717, 1.165) is 11.3 Å². The minimum absolute atomic E-state index is 0.564. The Hall–Kier alpha value is -2.33. The average Bonchev–Trinajstić information content (AvgIpc) is 3.02. The van der Waals surface area contributed by atoms with Crippen LogP contribution in [0.5, 0.6) is 0 Å². The van der Waals surface area contributed by atoms with Crippen LogP contribution in [0.1, 0.15) is 11.1 Å². The van der Waals surface area contributed by atoms with Gasteiger partial charge in [-0.1, -0.05) is 71.9 Å². The summed E-state index contributed by atoms with van der Waals surface area (Å²) >= 11 is 1.53. The van der Waals surface area contributed by atoms with Crippen LogP contribution in [0.4, 0.5) is 0 Å². The monoisotopic (exact) mass is 308 g/mol. The van der Waals surface area contributed by atoms with Crippen molar-refractivity contribution < 1.29 is 4.42 Å². The van der Waals surface area contributed by atoms with Gasteiger partial charge in [0.15, 0.2) is 0 Å². The van der Waals surface area contributed by atoms with Gasteiger partial charge in [0.1, 0.15) is 0 Å². The van der Waals surface area contributed by atoms with Gasteiger partial charge in [0.2, 0.25) is 5.89 Å². The smallest absolute Gasteiger partial charge is 0.277 e. The van der Waals surface area contributed by atoms with Gasteiger partial charge in [0.25, 0.3) is 5.22 Å². The van der Waals surface area contributed by atoms with Gasteiger partial charge >= 0.3 is 0 Å². The molecule has 0 saturated carbocycles. The molecule has 0 fully saturated rings. The van der Waals surface area contributed by atoms with E-state index in [0.29, 0.717) is 11.1 Å². The first-order valence-electron chi connectivity index (χ1n) is 7.06. The Morgan fingerprint density at radius 2 is 1.77 bits per heavy atom. The van der Waals surface area contributed by atoms with Crippen molar-refractivity contribution in [1.82, 2.24) is 10.2 Å². The second-order valence-corrected chi connectivity index (χ2v) is 5.83. The van der Waals surface area contributed by atoms with Gasteiger partial charge in [-0.15, -0.1) is 10.2 Å². The Labute approximate surface area is 134 Å². The summed E-state index contributed by atoms with van der Waals surface area (Å²) < 4.78 is 5.67. The molecule has 2 aromatic carbocycles. The van der Waals surface area contributed by atoms with Gasteiger partial charge in [0.05, 0.1) is 0 Å². The maximum Gasteiger partial charge on any atom is 0.277 e. The first-order chi connectivity index (χ1) is 10.8. The number of benzene rings is 2. The molecule has 22 heavy (non-hydrogen) atoms. The summed E-state index contributed by atoms with van der Waals surface area (Å²) in [4.78, 5) is 0. The molecular weight excluding hydrogens is 292 g/mol. The lowest BCUT2D eigenvalue weighted by Crippen LogP contribution is -1.78. The highest BCUT2D eigenvalue weighted by atomic mass is 32.2. The molecule has 0 spiro atoms. The van der Waals surface area contributed by atoms with E-state index >= 15 is 0 Å². The van der Waals surface area contributed by atoms with Gasteiger partial charge in [0, 0.05) is 11.3 Å². The molecule has 110 valence electrons. The molecular formula is C18H16N2OS. The van der Waals surface area contributed by atoms with Crippen LogP contribution in [-0.4, -0.2) is 16.0 Å². The third kappa shape index (κ3) is 3.86. The quantitative estimate of drug-likeness (QED) is 0.632. The molecule has 3 nitrogen and oxygen atoms in total. The Morgan fingerprint density at radius 3 is 2.55 bits per heavy atom. The summed E-state index contributed by atoms with van der Waals surface area (Å²) in [6, 6.07) is 18.3. The van der Waals surface area contributed by atoms with Crippen LogP contribution < -0.4 is 0 Å². The van der Waals surface area contributed by atoms with Crippen molar-refractivity contribution in [1.29, 1.82) is 0 Å². The Balaban J connectivity index is 1.58. The lowest BCUT2D eigenvalue weighted by atomic mass is 10.1. The van der Waals surface area contributed by atoms with E-state index in [4.69, 9.17) is 4.42 Å². The van der Waals surface area contributed by atoms with E-state index < -0.39 is 0 Å². The largest absolute Gasteiger partial charge is 0.411 e.